The summed E-state index contributed by atoms with van der Waals surface area (Å²) in [5, 5.41) is 20.0. The molecule has 0 radical (unpaired) electrons. The maximum atomic E-state index is 10.6. The Hall–Kier alpha value is -2.67. The van der Waals surface area contributed by atoms with Crippen LogP contribution in [-0.4, -0.2) is 4.92 Å². The molecule has 2 rings (SSSR count). The average molecular weight is 266 g/mol. The summed E-state index contributed by atoms with van der Waals surface area (Å²) < 4.78 is 0. The van der Waals surface area contributed by atoms with Gasteiger partial charge in [0.25, 0.3) is 5.69 Å². The number of non-ortho nitro benzene ring substituents is 1. The second-order valence-electron chi connectivity index (χ2n) is 4.66. The van der Waals surface area contributed by atoms with Gasteiger partial charge in [-0.25, -0.2) is 0 Å². The zero-order valence-corrected chi connectivity index (χ0v) is 11.1. The highest BCUT2D eigenvalue weighted by Crippen LogP contribution is 2.24. The fourth-order valence-corrected chi connectivity index (χ4v) is 2.13. The summed E-state index contributed by atoms with van der Waals surface area (Å²) in [7, 11) is 0. The smallest absolute Gasteiger partial charge is 0.258 e. The van der Waals surface area contributed by atoms with Crippen molar-refractivity contribution >= 4 is 5.69 Å². The summed E-state index contributed by atoms with van der Waals surface area (Å²) in [5.41, 5.74) is 3.12. The predicted octanol–water partition coefficient (Wildman–Crippen LogP) is 3.75. The molecule has 20 heavy (non-hydrogen) atoms. The van der Waals surface area contributed by atoms with Crippen LogP contribution >= 0.6 is 0 Å². The van der Waals surface area contributed by atoms with Crippen LogP contribution in [0, 0.1) is 28.4 Å². The molecule has 4 nitrogen and oxygen atoms in total. The lowest BCUT2D eigenvalue weighted by molar-refractivity contribution is -0.384. The lowest BCUT2D eigenvalue weighted by Crippen LogP contribution is -2.02. The van der Waals surface area contributed by atoms with E-state index in [9.17, 15) is 15.4 Å². The maximum Gasteiger partial charge on any atom is 0.269 e. The van der Waals surface area contributed by atoms with E-state index in [-0.39, 0.29) is 11.6 Å². The second-order valence-corrected chi connectivity index (χ2v) is 4.66. The van der Waals surface area contributed by atoms with Gasteiger partial charge in [0.15, 0.2) is 0 Å². The molecule has 0 heterocycles. The molecule has 0 saturated carbocycles. The van der Waals surface area contributed by atoms with E-state index in [0.717, 1.165) is 16.7 Å². The number of aryl methyl sites for hydroxylation is 1. The fourth-order valence-electron chi connectivity index (χ4n) is 2.13. The van der Waals surface area contributed by atoms with Crippen LogP contribution in [0.2, 0.25) is 0 Å². The van der Waals surface area contributed by atoms with Gasteiger partial charge in [-0.15, -0.1) is 0 Å². The molecule has 0 amide bonds. The zero-order chi connectivity index (χ0) is 14.5. The Morgan fingerprint density at radius 1 is 1.20 bits per heavy atom. The Morgan fingerprint density at radius 2 is 1.85 bits per heavy atom. The molecule has 1 unspecified atom stereocenters. The van der Waals surface area contributed by atoms with Crippen molar-refractivity contribution in [2.75, 3.05) is 0 Å². The van der Waals surface area contributed by atoms with Gasteiger partial charge >= 0.3 is 0 Å². The maximum absolute atomic E-state index is 10.6. The average Bonchev–Trinajstić information content (AvgIpc) is 2.46. The van der Waals surface area contributed by atoms with Gasteiger partial charge in [0.05, 0.1) is 16.9 Å². The molecule has 0 aliphatic heterocycles. The molecule has 1 atom stereocenters. The molecule has 0 N–H and O–H groups in total. The number of benzene rings is 2. The van der Waals surface area contributed by atoms with E-state index in [1.54, 1.807) is 12.1 Å². The van der Waals surface area contributed by atoms with Crippen LogP contribution in [0.5, 0.6) is 0 Å². The Kier molecular flexibility index (Phi) is 4.11. The first kappa shape index (κ1) is 13.8. The minimum absolute atomic E-state index is 0.0429. The van der Waals surface area contributed by atoms with Crippen molar-refractivity contribution in [3.05, 3.63) is 75.3 Å². The van der Waals surface area contributed by atoms with E-state index < -0.39 is 4.92 Å². The van der Waals surface area contributed by atoms with Gasteiger partial charge in [-0.05, 0) is 30.0 Å². The normalized spacial score (nSPS) is 11.6. The molecule has 0 bridgehead atoms. The minimum atomic E-state index is -0.438. The molecule has 0 fully saturated rings. The molecule has 100 valence electrons. The van der Waals surface area contributed by atoms with Crippen LogP contribution < -0.4 is 0 Å². The van der Waals surface area contributed by atoms with Crippen molar-refractivity contribution in [2.45, 2.75) is 19.3 Å². The summed E-state index contributed by atoms with van der Waals surface area (Å²) in [6, 6.07) is 16.4. The summed E-state index contributed by atoms with van der Waals surface area (Å²) in [4.78, 5) is 10.2. The van der Waals surface area contributed by atoms with Gasteiger partial charge < -0.3 is 0 Å². The van der Waals surface area contributed by atoms with Crippen LogP contribution in [0.1, 0.15) is 22.6 Å². The van der Waals surface area contributed by atoms with E-state index >= 15 is 0 Å². The first-order chi connectivity index (χ1) is 9.61. The standard InChI is InChI=1S/C16H14N2O2/c1-12-4-2-3-5-14(12)10-15(11-17)13-6-8-16(9-7-13)18(19)20/h2-9,15H,10H2,1H3. The van der Waals surface area contributed by atoms with Crippen LogP contribution in [-0.2, 0) is 6.42 Å². The van der Waals surface area contributed by atoms with Crippen molar-refractivity contribution < 1.29 is 4.92 Å². The van der Waals surface area contributed by atoms with Crippen molar-refractivity contribution in [1.82, 2.24) is 0 Å². The molecular weight excluding hydrogens is 252 g/mol. The fraction of sp³-hybridized carbons (Fsp3) is 0.188. The molecule has 0 saturated heterocycles. The number of nitriles is 1. The highest BCUT2D eigenvalue weighted by Gasteiger charge is 2.14. The third-order valence-electron chi connectivity index (χ3n) is 3.35. The summed E-state index contributed by atoms with van der Waals surface area (Å²) in [5.74, 6) is -0.295. The Balaban J connectivity index is 2.23. The van der Waals surface area contributed by atoms with Gasteiger partial charge in [0.1, 0.15) is 0 Å². The molecule has 0 aliphatic carbocycles. The van der Waals surface area contributed by atoms with Gasteiger partial charge in [-0.3, -0.25) is 10.1 Å². The number of nitrogens with zero attached hydrogens (tertiary/aromatic N) is 2. The molecule has 4 heteroatoms. The predicted molar refractivity (Wildman–Crippen MR) is 76.3 cm³/mol. The Labute approximate surface area is 117 Å². The number of hydrogen-bond acceptors (Lipinski definition) is 3. The lowest BCUT2D eigenvalue weighted by atomic mass is 9.91. The van der Waals surface area contributed by atoms with Crippen molar-refractivity contribution in [3.8, 4) is 6.07 Å². The summed E-state index contributed by atoms with van der Waals surface area (Å²) >= 11 is 0. The third-order valence-corrected chi connectivity index (χ3v) is 3.35. The Bertz CT molecular complexity index is 657. The quantitative estimate of drug-likeness (QED) is 0.625. The topological polar surface area (TPSA) is 66.9 Å². The number of rotatable bonds is 4. The highest BCUT2D eigenvalue weighted by atomic mass is 16.6. The molecule has 2 aromatic rings. The number of hydrogen-bond donors (Lipinski definition) is 0. The van der Waals surface area contributed by atoms with Crippen LogP contribution in [0.15, 0.2) is 48.5 Å². The number of nitro benzene ring substituents is 1. The van der Waals surface area contributed by atoms with E-state index in [1.807, 2.05) is 31.2 Å². The first-order valence-corrected chi connectivity index (χ1v) is 6.30. The summed E-state index contributed by atoms with van der Waals surface area (Å²) in [6.07, 6.45) is 0.612. The monoisotopic (exact) mass is 266 g/mol. The van der Waals surface area contributed by atoms with Gasteiger partial charge in [0.2, 0.25) is 0 Å². The minimum Gasteiger partial charge on any atom is -0.258 e. The van der Waals surface area contributed by atoms with E-state index in [0.29, 0.717) is 6.42 Å². The zero-order valence-electron chi connectivity index (χ0n) is 11.1. The molecule has 0 aromatic heterocycles. The number of nitro groups is 1. The molecule has 2 aromatic carbocycles. The van der Waals surface area contributed by atoms with Crippen molar-refractivity contribution in [1.29, 1.82) is 5.26 Å². The van der Waals surface area contributed by atoms with Crippen LogP contribution in [0.25, 0.3) is 0 Å². The lowest BCUT2D eigenvalue weighted by Gasteiger charge is -2.11. The van der Waals surface area contributed by atoms with Gasteiger partial charge in [-0.1, -0.05) is 36.4 Å². The van der Waals surface area contributed by atoms with E-state index in [2.05, 4.69) is 6.07 Å². The first-order valence-electron chi connectivity index (χ1n) is 6.30. The second kappa shape index (κ2) is 5.98. The van der Waals surface area contributed by atoms with E-state index in [4.69, 9.17) is 0 Å². The van der Waals surface area contributed by atoms with Crippen molar-refractivity contribution in [3.63, 3.8) is 0 Å². The Morgan fingerprint density at radius 3 is 2.40 bits per heavy atom. The van der Waals surface area contributed by atoms with Crippen molar-refractivity contribution in [2.24, 2.45) is 0 Å². The van der Waals surface area contributed by atoms with Crippen LogP contribution in [0.4, 0.5) is 5.69 Å². The van der Waals surface area contributed by atoms with Crippen LogP contribution in [0.3, 0.4) is 0 Å². The highest BCUT2D eigenvalue weighted by molar-refractivity contribution is 5.38. The SMILES string of the molecule is Cc1ccccc1CC(C#N)c1ccc([N+](=O)[O-])cc1. The van der Waals surface area contributed by atoms with Gasteiger partial charge in [-0.2, -0.15) is 5.26 Å². The van der Waals surface area contributed by atoms with E-state index in [1.165, 1.54) is 12.1 Å². The third kappa shape index (κ3) is 3.01. The largest absolute Gasteiger partial charge is 0.269 e. The summed E-state index contributed by atoms with van der Waals surface area (Å²) in [6.45, 7) is 2.01. The van der Waals surface area contributed by atoms with Gasteiger partial charge in [0, 0.05) is 12.1 Å². The molecule has 0 aliphatic rings. The molecular formula is C16H14N2O2. The molecule has 0 spiro atoms.